The van der Waals surface area contributed by atoms with Crippen molar-refractivity contribution < 1.29 is 4.79 Å². The van der Waals surface area contributed by atoms with Crippen molar-refractivity contribution in [1.29, 1.82) is 0 Å². The van der Waals surface area contributed by atoms with Crippen LogP contribution in [0.3, 0.4) is 0 Å². The van der Waals surface area contributed by atoms with E-state index in [4.69, 9.17) is 5.73 Å². The van der Waals surface area contributed by atoms with Gasteiger partial charge in [-0.1, -0.05) is 26.7 Å². The van der Waals surface area contributed by atoms with Gasteiger partial charge in [0.15, 0.2) is 5.96 Å². The summed E-state index contributed by atoms with van der Waals surface area (Å²) in [7, 11) is 0. The van der Waals surface area contributed by atoms with Crippen LogP contribution in [0, 0.1) is 16.7 Å². The second kappa shape index (κ2) is 10.5. The highest BCUT2D eigenvalue weighted by molar-refractivity contribution is 14.0. The van der Waals surface area contributed by atoms with Gasteiger partial charge in [0, 0.05) is 13.1 Å². The minimum atomic E-state index is -0.620. The first-order valence-corrected chi connectivity index (χ1v) is 9.03. The Morgan fingerprint density at radius 2 is 1.83 bits per heavy atom. The van der Waals surface area contributed by atoms with Crippen LogP contribution in [0.2, 0.25) is 0 Å². The average molecular weight is 452 g/mol. The Labute approximate surface area is 165 Å². The first-order chi connectivity index (χ1) is 10.7. The fourth-order valence-electron chi connectivity index (χ4n) is 3.41. The van der Waals surface area contributed by atoms with E-state index in [1.54, 1.807) is 0 Å². The zero-order chi connectivity index (χ0) is 17.5. The van der Waals surface area contributed by atoms with Gasteiger partial charge in [0.25, 0.3) is 0 Å². The lowest BCUT2D eigenvalue weighted by atomic mass is 9.78. The zero-order valence-electron chi connectivity index (χ0n) is 16.1. The highest BCUT2D eigenvalue weighted by Gasteiger charge is 2.34. The number of guanidine groups is 1. The fraction of sp³-hybridized carbons (Fsp3) is 0.889. The summed E-state index contributed by atoms with van der Waals surface area (Å²) in [5.74, 6) is 1.18. The molecule has 0 spiro atoms. The fourth-order valence-corrected chi connectivity index (χ4v) is 3.41. The molecule has 0 bridgehead atoms. The Morgan fingerprint density at radius 1 is 1.25 bits per heavy atom. The topological polar surface area (TPSA) is 79.5 Å². The van der Waals surface area contributed by atoms with Crippen LogP contribution in [0.4, 0.5) is 0 Å². The summed E-state index contributed by atoms with van der Waals surface area (Å²) in [5.41, 5.74) is 5.20. The van der Waals surface area contributed by atoms with E-state index >= 15 is 0 Å². The van der Waals surface area contributed by atoms with E-state index in [1.807, 2.05) is 13.8 Å². The summed E-state index contributed by atoms with van der Waals surface area (Å²) < 4.78 is 0. The molecule has 1 aliphatic rings. The second-order valence-electron chi connectivity index (χ2n) is 8.10. The van der Waals surface area contributed by atoms with E-state index in [0.717, 1.165) is 19.0 Å². The third-order valence-electron chi connectivity index (χ3n) is 4.78. The Hall–Kier alpha value is -0.530. The first kappa shape index (κ1) is 23.5. The summed E-state index contributed by atoms with van der Waals surface area (Å²) in [5, 5.41) is 6.78. The number of hydrogen-bond acceptors (Lipinski definition) is 2. The van der Waals surface area contributed by atoms with Gasteiger partial charge in [0.05, 0.1) is 12.0 Å². The van der Waals surface area contributed by atoms with Gasteiger partial charge >= 0.3 is 0 Å². The van der Waals surface area contributed by atoms with Crippen molar-refractivity contribution in [2.24, 2.45) is 27.5 Å². The summed E-state index contributed by atoms with van der Waals surface area (Å²) in [6.07, 6.45) is 6.51. The number of carbonyl (C=O) groups is 1. The Morgan fingerprint density at radius 3 is 2.29 bits per heavy atom. The summed E-state index contributed by atoms with van der Waals surface area (Å²) in [4.78, 5) is 16.0. The lowest BCUT2D eigenvalue weighted by Gasteiger charge is -2.32. The third kappa shape index (κ3) is 7.57. The maximum atomic E-state index is 11.4. The van der Waals surface area contributed by atoms with Crippen LogP contribution in [-0.4, -0.2) is 31.5 Å². The van der Waals surface area contributed by atoms with Crippen LogP contribution in [0.1, 0.15) is 66.7 Å². The monoisotopic (exact) mass is 452 g/mol. The van der Waals surface area contributed by atoms with Crippen molar-refractivity contribution in [2.45, 2.75) is 66.7 Å². The minimum absolute atomic E-state index is 0. The molecular weight excluding hydrogens is 415 g/mol. The molecule has 1 saturated carbocycles. The van der Waals surface area contributed by atoms with Gasteiger partial charge < -0.3 is 16.4 Å². The number of aliphatic imine (C=N–C) groups is 1. The first-order valence-electron chi connectivity index (χ1n) is 9.03. The van der Waals surface area contributed by atoms with Gasteiger partial charge in [0.1, 0.15) is 0 Å². The molecule has 1 aliphatic carbocycles. The molecule has 0 saturated heterocycles. The van der Waals surface area contributed by atoms with Gasteiger partial charge in [-0.15, -0.1) is 24.0 Å². The van der Waals surface area contributed by atoms with Crippen molar-refractivity contribution in [3.05, 3.63) is 0 Å². The van der Waals surface area contributed by atoms with Crippen molar-refractivity contribution >= 4 is 35.8 Å². The van der Waals surface area contributed by atoms with Gasteiger partial charge in [-0.3, -0.25) is 9.79 Å². The molecule has 0 aromatic carbocycles. The van der Waals surface area contributed by atoms with E-state index in [9.17, 15) is 4.79 Å². The lowest BCUT2D eigenvalue weighted by Crippen LogP contribution is -2.44. The van der Waals surface area contributed by atoms with Crippen LogP contribution in [0.5, 0.6) is 0 Å². The molecule has 0 radical (unpaired) electrons. The summed E-state index contributed by atoms with van der Waals surface area (Å²) in [6.45, 7) is 12.5. The van der Waals surface area contributed by atoms with E-state index < -0.39 is 5.41 Å². The second-order valence-corrected chi connectivity index (χ2v) is 8.10. The number of nitrogens with one attached hydrogen (secondary N) is 2. The molecule has 0 unspecified atom stereocenters. The highest BCUT2D eigenvalue weighted by Crippen LogP contribution is 2.42. The van der Waals surface area contributed by atoms with Gasteiger partial charge in [-0.05, 0) is 51.4 Å². The van der Waals surface area contributed by atoms with Gasteiger partial charge in [-0.2, -0.15) is 0 Å². The highest BCUT2D eigenvalue weighted by atomic mass is 127. The SMILES string of the molecule is CCNC(=NCC(C)(C)C(N)=O)NCC1(CC(C)C)CCCC1.I. The molecule has 0 aromatic heterocycles. The molecule has 1 fully saturated rings. The van der Waals surface area contributed by atoms with E-state index in [1.165, 1.54) is 32.1 Å². The maximum absolute atomic E-state index is 11.4. The maximum Gasteiger partial charge on any atom is 0.224 e. The largest absolute Gasteiger partial charge is 0.369 e. The molecule has 0 aromatic rings. The standard InChI is InChI=1S/C18H36N4O.HI/c1-6-20-16(21-12-17(4,5)15(19)23)22-13-18(11-14(2)3)9-7-8-10-18;/h14H,6-13H2,1-5H3,(H2,19,23)(H2,20,21,22);1H. The predicted octanol–water partition coefficient (Wildman–Crippen LogP) is 3.28. The number of nitrogens with zero attached hydrogens (tertiary/aromatic N) is 1. The van der Waals surface area contributed by atoms with Crippen LogP contribution in [0.25, 0.3) is 0 Å². The van der Waals surface area contributed by atoms with Crippen molar-refractivity contribution in [1.82, 2.24) is 10.6 Å². The normalized spacial score (nSPS) is 17.5. The van der Waals surface area contributed by atoms with E-state index in [-0.39, 0.29) is 29.9 Å². The number of hydrogen-bond donors (Lipinski definition) is 3. The van der Waals surface area contributed by atoms with E-state index in [0.29, 0.717) is 17.9 Å². The minimum Gasteiger partial charge on any atom is -0.369 e. The van der Waals surface area contributed by atoms with Crippen molar-refractivity contribution in [3.8, 4) is 0 Å². The lowest BCUT2D eigenvalue weighted by molar-refractivity contribution is -0.125. The number of primary amides is 1. The van der Waals surface area contributed by atoms with E-state index in [2.05, 4.69) is 36.4 Å². The van der Waals surface area contributed by atoms with Gasteiger partial charge in [-0.25, -0.2) is 0 Å². The molecule has 0 heterocycles. The molecule has 1 amide bonds. The molecule has 24 heavy (non-hydrogen) atoms. The number of amides is 1. The molecule has 142 valence electrons. The molecule has 0 aliphatic heterocycles. The quantitative estimate of drug-likeness (QED) is 0.301. The molecule has 6 heteroatoms. The molecule has 1 rings (SSSR count). The predicted molar refractivity (Wildman–Crippen MR) is 113 cm³/mol. The Bertz CT molecular complexity index is 415. The molecule has 0 atom stereocenters. The molecular formula is C18H37IN4O. The number of carbonyl (C=O) groups excluding carboxylic acids is 1. The number of halogens is 1. The molecule has 5 nitrogen and oxygen atoms in total. The average Bonchev–Trinajstić information content (AvgIpc) is 2.89. The van der Waals surface area contributed by atoms with Crippen molar-refractivity contribution in [3.63, 3.8) is 0 Å². The smallest absolute Gasteiger partial charge is 0.224 e. The Kier molecular flexibility index (Phi) is 10.2. The number of rotatable bonds is 8. The summed E-state index contributed by atoms with van der Waals surface area (Å²) >= 11 is 0. The van der Waals surface area contributed by atoms with Crippen LogP contribution in [0.15, 0.2) is 4.99 Å². The van der Waals surface area contributed by atoms with Crippen LogP contribution < -0.4 is 16.4 Å². The van der Waals surface area contributed by atoms with Crippen LogP contribution in [-0.2, 0) is 4.79 Å². The third-order valence-corrected chi connectivity index (χ3v) is 4.78. The van der Waals surface area contributed by atoms with Crippen molar-refractivity contribution in [2.75, 3.05) is 19.6 Å². The molecule has 4 N–H and O–H groups in total. The van der Waals surface area contributed by atoms with Gasteiger partial charge in [0.2, 0.25) is 5.91 Å². The Balaban J connectivity index is 0.00000529. The number of nitrogens with two attached hydrogens (primary N) is 1. The van der Waals surface area contributed by atoms with Crippen LogP contribution >= 0.6 is 24.0 Å². The summed E-state index contributed by atoms with van der Waals surface area (Å²) in [6, 6.07) is 0. The zero-order valence-corrected chi connectivity index (χ0v) is 18.4.